The van der Waals surface area contributed by atoms with Crippen LogP contribution in [-0.2, 0) is 21.4 Å². The zero-order chi connectivity index (χ0) is 22.6. The first-order chi connectivity index (χ1) is 14.0. The van der Waals surface area contributed by atoms with Crippen LogP contribution in [0, 0.1) is 17.0 Å². The fraction of sp³-hybridized carbons (Fsp3) is 0.350. The van der Waals surface area contributed by atoms with Gasteiger partial charge in [-0.2, -0.15) is 0 Å². The molecule has 1 atom stereocenters. The van der Waals surface area contributed by atoms with Crippen molar-refractivity contribution in [2.45, 2.75) is 26.4 Å². The van der Waals surface area contributed by atoms with E-state index in [0.717, 1.165) is 16.1 Å². The number of rotatable bonds is 8. The first kappa shape index (κ1) is 23.1. The zero-order valence-electron chi connectivity index (χ0n) is 17.5. The van der Waals surface area contributed by atoms with Gasteiger partial charge in [0.2, 0.25) is 15.9 Å². The third-order valence-electron chi connectivity index (χ3n) is 4.66. The third kappa shape index (κ3) is 5.26. The third-order valence-corrected chi connectivity index (χ3v) is 5.89. The Morgan fingerprint density at radius 2 is 1.80 bits per heavy atom. The Labute approximate surface area is 176 Å². The number of hydrogen-bond acceptors (Lipinski definition) is 6. The second kappa shape index (κ2) is 9.12. The molecular formula is C20H25N3O6S. The largest absolute Gasteiger partial charge is 0.497 e. The molecule has 10 heteroatoms. The lowest BCUT2D eigenvalue weighted by Gasteiger charge is -2.32. The standard InChI is InChI=1S/C20H25N3O6S/c1-14-6-9-17(23(25)26)12-19(14)22(30(5,27)28)15(2)20(24)21(3)13-16-7-10-18(29-4)11-8-16/h6-12,15H,13H2,1-5H3/t15-/m0/s1. The van der Waals surface area contributed by atoms with Crippen LogP contribution in [0.25, 0.3) is 0 Å². The van der Waals surface area contributed by atoms with Gasteiger partial charge in [0, 0.05) is 25.7 Å². The molecule has 0 radical (unpaired) electrons. The molecule has 0 saturated heterocycles. The zero-order valence-corrected chi connectivity index (χ0v) is 18.3. The summed E-state index contributed by atoms with van der Waals surface area (Å²) in [6, 6.07) is 10.00. The summed E-state index contributed by atoms with van der Waals surface area (Å²) >= 11 is 0. The van der Waals surface area contributed by atoms with Crippen molar-refractivity contribution in [1.82, 2.24) is 4.90 Å². The molecule has 0 aliphatic heterocycles. The summed E-state index contributed by atoms with van der Waals surface area (Å²) < 4.78 is 31.1. The molecule has 0 saturated carbocycles. The van der Waals surface area contributed by atoms with Gasteiger partial charge >= 0.3 is 0 Å². The number of ether oxygens (including phenoxy) is 1. The molecule has 0 spiro atoms. The van der Waals surface area contributed by atoms with Gasteiger partial charge in [-0.3, -0.25) is 19.2 Å². The van der Waals surface area contributed by atoms with Gasteiger partial charge in [-0.15, -0.1) is 0 Å². The normalized spacial score (nSPS) is 12.2. The van der Waals surface area contributed by atoms with Gasteiger partial charge in [0.15, 0.2) is 0 Å². The highest BCUT2D eigenvalue weighted by molar-refractivity contribution is 7.92. The van der Waals surface area contributed by atoms with Crippen LogP contribution in [0.4, 0.5) is 11.4 Å². The number of methoxy groups -OCH3 is 1. The Hall–Kier alpha value is -3.14. The lowest BCUT2D eigenvalue weighted by molar-refractivity contribution is -0.384. The van der Waals surface area contributed by atoms with Crippen LogP contribution in [0.3, 0.4) is 0 Å². The number of aryl methyl sites for hydroxylation is 1. The molecule has 2 rings (SSSR count). The van der Waals surface area contributed by atoms with Crippen molar-refractivity contribution in [2.75, 3.05) is 24.7 Å². The summed E-state index contributed by atoms with van der Waals surface area (Å²) in [5.41, 5.74) is 1.20. The monoisotopic (exact) mass is 435 g/mol. The number of nitro groups is 1. The fourth-order valence-electron chi connectivity index (χ4n) is 3.13. The molecule has 0 aliphatic rings. The molecule has 0 heterocycles. The SMILES string of the molecule is COc1ccc(CN(C)C(=O)[C@H](C)N(c2cc([N+](=O)[O-])ccc2C)S(C)(=O)=O)cc1. The van der Waals surface area contributed by atoms with Crippen LogP contribution in [-0.4, -0.2) is 50.6 Å². The van der Waals surface area contributed by atoms with Crippen LogP contribution < -0.4 is 9.04 Å². The number of benzene rings is 2. The lowest BCUT2D eigenvalue weighted by Crippen LogP contribution is -2.48. The summed E-state index contributed by atoms with van der Waals surface area (Å²) in [5.74, 6) is 0.243. The summed E-state index contributed by atoms with van der Waals surface area (Å²) in [6.45, 7) is 3.36. The minimum absolute atomic E-state index is 0.102. The van der Waals surface area contributed by atoms with Crippen molar-refractivity contribution < 1.29 is 22.9 Å². The molecule has 0 fully saturated rings. The maximum atomic E-state index is 13.0. The van der Waals surface area contributed by atoms with E-state index in [-0.39, 0.29) is 17.9 Å². The molecule has 2 aromatic rings. The lowest BCUT2D eigenvalue weighted by atomic mass is 10.1. The molecule has 30 heavy (non-hydrogen) atoms. The highest BCUT2D eigenvalue weighted by Gasteiger charge is 2.32. The van der Waals surface area contributed by atoms with Gasteiger partial charge in [-0.05, 0) is 37.1 Å². The molecule has 1 amide bonds. The highest BCUT2D eigenvalue weighted by Crippen LogP contribution is 2.29. The van der Waals surface area contributed by atoms with Crippen LogP contribution in [0.1, 0.15) is 18.1 Å². The van der Waals surface area contributed by atoms with Crippen molar-refractivity contribution in [1.29, 1.82) is 0 Å². The molecular weight excluding hydrogens is 410 g/mol. The van der Waals surface area contributed by atoms with Gasteiger partial charge in [0.1, 0.15) is 11.8 Å². The Morgan fingerprint density at radius 1 is 1.20 bits per heavy atom. The Balaban J connectivity index is 2.34. The van der Waals surface area contributed by atoms with Crippen LogP contribution in [0.5, 0.6) is 5.75 Å². The number of non-ortho nitro benzene ring substituents is 1. The Morgan fingerprint density at radius 3 is 2.30 bits per heavy atom. The second-order valence-electron chi connectivity index (χ2n) is 7.01. The van der Waals surface area contributed by atoms with Gasteiger partial charge < -0.3 is 9.64 Å². The molecule has 162 valence electrons. The van der Waals surface area contributed by atoms with E-state index in [1.54, 1.807) is 33.2 Å². The van der Waals surface area contributed by atoms with Gasteiger partial charge in [0.25, 0.3) is 5.69 Å². The maximum Gasteiger partial charge on any atom is 0.271 e. The number of likely N-dealkylation sites (N-methyl/N-ethyl adjacent to an activating group) is 1. The number of anilines is 1. The Bertz CT molecular complexity index is 1040. The molecule has 0 aliphatic carbocycles. The molecule has 9 nitrogen and oxygen atoms in total. The number of carbonyl (C=O) groups excluding carboxylic acids is 1. The van der Waals surface area contributed by atoms with Crippen LogP contribution in [0.2, 0.25) is 0 Å². The van der Waals surface area contributed by atoms with E-state index in [2.05, 4.69) is 0 Å². The molecule has 0 N–H and O–H groups in total. The minimum Gasteiger partial charge on any atom is -0.497 e. The van der Waals surface area contributed by atoms with E-state index in [1.165, 1.54) is 30.0 Å². The van der Waals surface area contributed by atoms with E-state index in [1.807, 2.05) is 12.1 Å². The van der Waals surface area contributed by atoms with E-state index in [0.29, 0.717) is 11.3 Å². The number of sulfonamides is 1. The van der Waals surface area contributed by atoms with Gasteiger partial charge in [0.05, 0.1) is 24.0 Å². The average molecular weight is 436 g/mol. The van der Waals surface area contributed by atoms with E-state index in [4.69, 9.17) is 4.74 Å². The predicted molar refractivity (Wildman–Crippen MR) is 114 cm³/mol. The van der Waals surface area contributed by atoms with E-state index in [9.17, 15) is 23.3 Å². The maximum absolute atomic E-state index is 13.0. The average Bonchev–Trinajstić information content (AvgIpc) is 2.68. The molecule has 2 aromatic carbocycles. The molecule has 0 bridgehead atoms. The van der Waals surface area contributed by atoms with E-state index >= 15 is 0 Å². The quantitative estimate of drug-likeness (QED) is 0.466. The first-order valence-corrected chi connectivity index (χ1v) is 10.9. The van der Waals surface area contributed by atoms with Gasteiger partial charge in [-0.25, -0.2) is 8.42 Å². The van der Waals surface area contributed by atoms with Crippen molar-refractivity contribution in [3.63, 3.8) is 0 Å². The predicted octanol–water partition coefficient (Wildman–Crippen LogP) is 2.72. The summed E-state index contributed by atoms with van der Waals surface area (Å²) in [6.07, 6.45) is 0.971. The van der Waals surface area contributed by atoms with Crippen LogP contribution >= 0.6 is 0 Å². The fourth-order valence-corrected chi connectivity index (χ4v) is 4.34. The van der Waals surface area contributed by atoms with Crippen LogP contribution in [0.15, 0.2) is 42.5 Å². The van der Waals surface area contributed by atoms with Crippen molar-refractivity contribution in [3.8, 4) is 5.75 Å². The van der Waals surface area contributed by atoms with Crippen molar-refractivity contribution >= 4 is 27.3 Å². The number of carbonyl (C=O) groups is 1. The highest BCUT2D eigenvalue weighted by atomic mass is 32.2. The second-order valence-corrected chi connectivity index (χ2v) is 8.86. The molecule has 0 aromatic heterocycles. The topological polar surface area (TPSA) is 110 Å². The molecule has 0 unspecified atom stereocenters. The number of nitrogens with zero attached hydrogens (tertiary/aromatic N) is 3. The summed E-state index contributed by atoms with van der Waals surface area (Å²) in [7, 11) is -0.765. The first-order valence-electron chi connectivity index (χ1n) is 9.08. The van der Waals surface area contributed by atoms with Crippen molar-refractivity contribution in [3.05, 3.63) is 63.7 Å². The number of nitro benzene ring substituents is 1. The number of amides is 1. The van der Waals surface area contributed by atoms with Crippen molar-refractivity contribution in [2.24, 2.45) is 0 Å². The van der Waals surface area contributed by atoms with Gasteiger partial charge in [-0.1, -0.05) is 18.2 Å². The minimum atomic E-state index is -3.90. The smallest absolute Gasteiger partial charge is 0.271 e. The summed E-state index contributed by atoms with van der Waals surface area (Å²) in [4.78, 5) is 25.0. The summed E-state index contributed by atoms with van der Waals surface area (Å²) in [5, 5.41) is 11.2. The Kier molecular flexibility index (Phi) is 7.04. The van der Waals surface area contributed by atoms with E-state index < -0.39 is 26.9 Å². The number of hydrogen-bond donors (Lipinski definition) is 0.